The average Bonchev–Trinajstić information content (AvgIpc) is 3.07. The second-order valence-electron chi connectivity index (χ2n) is 5.21. The van der Waals surface area contributed by atoms with Crippen LogP contribution in [0.25, 0.3) is 0 Å². The molecule has 1 atom stereocenters. The van der Waals surface area contributed by atoms with E-state index >= 15 is 0 Å². The van der Waals surface area contributed by atoms with Gasteiger partial charge in [0.1, 0.15) is 4.88 Å². The lowest BCUT2D eigenvalue weighted by Crippen LogP contribution is -2.22. The highest BCUT2D eigenvalue weighted by atomic mass is 32.1. The summed E-state index contributed by atoms with van der Waals surface area (Å²) in [5.41, 5.74) is 2.35. The molecule has 21 heavy (non-hydrogen) atoms. The average molecular weight is 312 g/mol. The van der Waals surface area contributed by atoms with E-state index in [-0.39, 0.29) is 6.04 Å². The van der Waals surface area contributed by atoms with Crippen molar-refractivity contribution >= 4 is 16.5 Å². The molecule has 0 N–H and O–H groups in total. The molecule has 1 aromatic heterocycles. The van der Waals surface area contributed by atoms with Gasteiger partial charge in [-0.2, -0.15) is 13.2 Å². The Balaban J connectivity index is 1.91. The molecule has 1 fully saturated rings. The van der Waals surface area contributed by atoms with Crippen molar-refractivity contribution in [1.82, 2.24) is 4.98 Å². The molecule has 1 saturated heterocycles. The summed E-state index contributed by atoms with van der Waals surface area (Å²) in [6.45, 7) is 2.79. The van der Waals surface area contributed by atoms with Crippen LogP contribution in [0, 0.1) is 6.92 Å². The molecule has 1 aromatic carbocycles. The van der Waals surface area contributed by atoms with Crippen LogP contribution < -0.4 is 4.90 Å². The molecule has 1 unspecified atom stereocenters. The zero-order chi connectivity index (χ0) is 15.0. The number of rotatable bonds is 2. The minimum atomic E-state index is -4.31. The van der Waals surface area contributed by atoms with Crippen molar-refractivity contribution in [2.75, 3.05) is 11.4 Å². The molecular weight excluding hydrogens is 297 g/mol. The lowest BCUT2D eigenvalue weighted by atomic mass is 10.00. The molecule has 0 bridgehead atoms. The monoisotopic (exact) mass is 312 g/mol. The van der Waals surface area contributed by atoms with Crippen molar-refractivity contribution in [1.29, 1.82) is 0 Å². The van der Waals surface area contributed by atoms with Crippen LogP contribution in [-0.4, -0.2) is 11.5 Å². The summed E-state index contributed by atoms with van der Waals surface area (Å²) in [5, 5.41) is 0.466. The van der Waals surface area contributed by atoms with Gasteiger partial charge in [-0.1, -0.05) is 35.6 Å². The van der Waals surface area contributed by atoms with Crippen molar-refractivity contribution in [2.45, 2.75) is 32.0 Å². The van der Waals surface area contributed by atoms with Crippen LogP contribution in [-0.2, 0) is 6.18 Å². The van der Waals surface area contributed by atoms with Gasteiger partial charge in [0.15, 0.2) is 5.13 Å². The first-order valence-electron chi connectivity index (χ1n) is 6.82. The normalized spacial score (nSPS) is 19.2. The number of halogens is 3. The summed E-state index contributed by atoms with van der Waals surface area (Å²) in [4.78, 5) is 5.37. The summed E-state index contributed by atoms with van der Waals surface area (Å²) in [6, 6.07) is 8.16. The zero-order valence-corrected chi connectivity index (χ0v) is 12.3. The number of nitrogens with zero attached hydrogens (tertiary/aromatic N) is 2. The van der Waals surface area contributed by atoms with E-state index in [2.05, 4.69) is 11.1 Å². The molecule has 1 aliphatic heterocycles. The number of aromatic nitrogens is 1. The maximum atomic E-state index is 12.7. The van der Waals surface area contributed by atoms with Gasteiger partial charge >= 0.3 is 6.18 Å². The summed E-state index contributed by atoms with van der Waals surface area (Å²) in [6.07, 6.45) is -1.45. The van der Waals surface area contributed by atoms with Crippen LogP contribution in [0.15, 0.2) is 30.5 Å². The highest BCUT2D eigenvalue weighted by Gasteiger charge is 2.36. The van der Waals surface area contributed by atoms with E-state index in [0.717, 1.165) is 36.9 Å². The number of thiazole rings is 1. The molecule has 0 amide bonds. The fourth-order valence-electron chi connectivity index (χ4n) is 2.81. The van der Waals surface area contributed by atoms with E-state index in [1.165, 1.54) is 11.1 Å². The van der Waals surface area contributed by atoms with Crippen molar-refractivity contribution in [3.8, 4) is 0 Å². The van der Waals surface area contributed by atoms with Crippen LogP contribution in [0.3, 0.4) is 0 Å². The van der Waals surface area contributed by atoms with Gasteiger partial charge in [0.05, 0.1) is 12.2 Å². The van der Waals surface area contributed by atoms with Crippen LogP contribution in [0.2, 0.25) is 0 Å². The maximum Gasteiger partial charge on any atom is 0.427 e. The third-order valence-electron chi connectivity index (χ3n) is 3.82. The van der Waals surface area contributed by atoms with Crippen molar-refractivity contribution < 1.29 is 13.2 Å². The molecule has 6 heteroatoms. The summed E-state index contributed by atoms with van der Waals surface area (Å²) >= 11 is 0.731. The van der Waals surface area contributed by atoms with Crippen LogP contribution >= 0.6 is 11.3 Å². The first-order chi connectivity index (χ1) is 9.97. The highest BCUT2D eigenvalue weighted by molar-refractivity contribution is 7.15. The Hall–Kier alpha value is -1.56. The summed E-state index contributed by atoms with van der Waals surface area (Å²) in [7, 11) is 0. The highest BCUT2D eigenvalue weighted by Crippen LogP contribution is 2.42. The largest absolute Gasteiger partial charge is 0.427 e. The molecule has 0 radical (unpaired) electrons. The molecule has 1 aliphatic rings. The lowest BCUT2D eigenvalue weighted by molar-refractivity contribution is -0.134. The Morgan fingerprint density at radius 2 is 2.05 bits per heavy atom. The van der Waals surface area contributed by atoms with E-state index in [1.807, 2.05) is 30.0 Å². The van der Waals surface area contributed by atoms with E-state index < -0.39 is 11.1 Å². The zero-order valence-electron chi connectivity index (χ0n) is 11.5. The molecule has 0 saturated carbocycles. The first kappa shape index (κ1) is 14.4. The Bertz CT molecular complexity index is 636. The van der Waals surface area contributed by atoms with Gasteiger partial charge in [-0.05, 0) is 30.9 Å². The SMILES string of the molecule is Cc1ccccc1C1CCCN1c1ncc(C(F)(F)F)s1. The van der Waals surface area contributed by atoms with Gasteiger partial charge in [-0.3, -0.25) is 0 Å². The Morgan fingerprint density at radius 3 is 2.71 bits per heavy atom. The van der Waals surface area contributed by atoms with Crippen molar-refractivity contribution in [3.63, 3.8) is 0 Å². The molecule has 0 spiro atoms. The predicted molar refractivity (Wildman–Crippen MR) is 77.6 cm³/mol. The van der Waals surface area contributed by atoms with Gasteiger partial charge in [-0.15, -0.1) is 0 Å². The van der Waals surface area contributed by atoms with Crippen molar-refractivity contribution in [3.05, 3.63) is 46.5 Å². The van der Waals surface area contributed by atoms with E-state index in [4.69, 9.17) is 0 Å². The number of anilines is 1. The Labute approximate surface area is 125 Å². The minimum Gasteiger partial charge on any atom is -0.341 e. The number of hydrogen-bond donors (Lipinski definition) is 0. The van der Waals surface area contributed by atoms with E-state index in [0.29, 0.717) is 5.13 Å². The van der Waals surface area contributed by atoms with Gasteiger partial charge in [-0.25, -0.2) is 4.98 Å². The predicted octanol–water partition coefficient (Wildman–Crippen LogP) is 4.81. The fourth-order valence-corrected chi connectivity index (χ4v) is 3.67. The molecule has 2 nitrogen and oxygen atoms in total. The topological polar surface area (TPSA) is 16.1 Å². The first-order valence-corrected chi connectivity index (χ1v) is 7.63. The van der Waals surface area contributed by atoms with Gasteiger partial charge in [0.25, 0.3) is 0 Å². The van der Waals surface area contributed by atoms with Gasteiger partial charge in [0.2, 0.25) is 0 Å². The number of aryl methyl sites for hydroxylation is 1. The minimum absolute atomic E-state index is 0.124. The Kier molecular flexibility index (Phi) is 3.65. The third kappa shape index (κ3) is 2.77. The van der Waals surface area contributed by atoms with Crippen LogP contribution in [0.4, 0.5) is 18.3 Å². The maximum absolute atomic E-state index is 12.7. The quantitative estimate of drug-likeness (QED) is 0.791. The lowest BCUT2D eigenvalue weighted by Gasteiger charge is -2.25. The Morgan fingerprint density at radius 1 is 1.29 bits per heavy atom. The van der Waals surface area contributed by atoms with E-state index in [9.17, 15) is 13.2 Å². The molecule has 2 aromatic rings. The van der Waals surface area contributed by atoms with Crippen LogP contribution in [0.5, 0.6) is 0 Å². The smallest absolute Gasteiger partial charge is 0.341 e. The second kappa shape index (κ2) is 5.33. The molecular formula is C15H15F3N2S. The van der Waals surface area contributed by atoms with Gasteiger partial charge in [0, 0.05) is 6.54 Å². The second-order valence-corrected chi connectivity index (χ2v) is 6.22. The molecule has 0 aliphatic carbocycles. The van der Waals surface area contributed by atoms with Gasteiger partial charge < -0.3 is 4.90 Å². The third-order valence-corrected chi connectivity index (χ3v) is 4.90. The molecule has 3 rings (SSSR count). The summed E-state index contributed by atoms with van der Waals surface area (Å²) < 4.78 is 38.2. The number of benzene rings is 1. The number of hydrogen-bond acceptors (Lipinski definition) is 3. The van der Waals surface area contributed by atoms with E-state index in [1.54, 1.807) is 0 Å². The molecule has 2 heterocycles. The molecule has 112 valence electrons. The van der Waals surface area contributed by atoms with Crippen LogP contribution in [0.1, 0.15) is 34.9 Å². The number of alkyl halides is 3. The summed E-state index contributed by atoms with van der Waals surface area (Å²) in [5.74, 6) is 0. The standard InChI is InChI=1S/C15H15F3N2S/c1-10-5-2-3-6-11(10)12-7-4-8-20(12)14-19-9-13(21-14)15(16,17)18/h2-3,5-6,9,12H,4,7-8H2,1H3. The van der Waals surface area contributed by atoms with Crippen molar-refractivity contribution in [2.24, 2.45) is 0 Å². The fraction of sp³-hybridized carbons (Fsp3) is 0.400.